The van der Waals surface area contributed by atoms with Crippen LogP contribution >= 0.6 is 11.6 Å². The fourth-order valence-electron chi connectivity index (χ4n) is 3.33. The molecular formula is C25H22ClN3O3. The summed E-state index contributed by atoms with van der Waals surface area (Å²) in [5, 5.41) is 12.8. The molecule has 1 amide bonds. The van der Waals surface area contributed by atoms with E-state index >= 15 is 0 Å². The number of anilines is 1. The Morgan fingerprint density at radius 3 is 2.38 bits per heavy atom. The van der Waals surface area contributed by atoms with Gasteiger partial charge in [0.1, 0.15) is 11.6 Å². The Balaban J connectivity index is 1.87. The number of aryl methyl sites for hydroxylation is 1. The van der Waals surface area contributed by atoms with E-state index < -0.39 is 5.91 Å². The van der Waals surface area contributed by atoms with E-state index in [4.69, 9.17) is 16.3 Å². The van der Waals surface area contributed by atoms with Gasteiger partial charge in [-0.05, 0) is 87.0 Å². The summed E-state index contributed by atoms with van der Waals surface area (Å²) in [4.78, 5) is 24.5. The van der Waals surface area contributed by atoms with Crippen molar-refractivity contribution in [2.45, 2.75) is 20.8 Å². The molecule has 1 aromatic heterocycles. The van der Waals surface area contributed by atoms with Gasteiger partial charge >= 0.3 is 5.97 Å². The van der Waals surface area contributed by atoms with Gasteiger partial charge in [-0.25, -0.2) is 4.79 Å². The minimum atomic E-state index is -0.501. The summed E-state index contributed by atoms with van der Waals surface area (Å²) in [6.45, 7) is 5.92. The van der Waals surface area contributed by atoms with Crippen LogP contribution < -0.4 is 5.32 Å². The summed E-state index contributed by atoms with van der Waals surface area (Å²) in [7, 11) is 0. The number of benzene rings is 2. The second-order valence-corrected chi connectivity index (χ2v) is 7.50. The van der Waals surface area contributed by atoms with Crippen LogP contribution in [0.15, 0.2) is 60.2 Å². The largest absolute Gasteiger partial charge is 0.462 e. The SMILES string of the molecule is CCOC(=O)c1ccc(-n2c(C)cc(/C=C(/C#N)C(=O)Nc3ccc(Cl)cc3)c2C)cc1. The van der Waals surface area contributed by atoms with Gasteiger partial charge in [-0.3, -0.25) is 4.79 Å². The zero-order valence-electron chi connectivity index (χ0n) is 18.0. The Morgan fingerprint density at radius 1 is 1.12 bits per heavy atom. The Kier molecular flexibility index (Phi) is 7.14. The number of hydrogen-bond donors (Lipinski definition) is 1. The summed E-state index contributed by atoms with van der Waals surface area (Å²) in [6, 6.07) is 17.6. The Bertz CT molecular complexity index is 1220. The summed E-state index contributed by atoms with van der Waals surface area (Å²) < 4.78 is 7.02. The molecule has 0 fully saturated rings. The average molecular weight is 448 g/mol. The number of nitrogens with zero attached hydrogens (tertiary/aromatic N) is 2. The fraction of sp³-hybridized carbons (Fsp3) is 0.160. The molecule has 0 aliphatic carbocycles. The molecule has 0 saturated heterocycles. The Morgan fingerprint density at radius 2 is 1.78 bits per heavy atom. The number of carbonyl (C=O) groups excluding carboxylic acids is 2. The zero-order valence-corrected chi connectivity index (χ0v) is 18.7. The van der Waals surface area contributed by atoms with E-state index in [1.54, 1.807) is 49.4 Å². The molecule has 3 aromatic rings. The van der Waals surface area contributed by atoms with Crippen molar-refractivity contribution in [1.82, 2.24) is 4.57 Å². The first-order chi connectivity index (χ1) is 15.3. The first-order valence-electron chi connectivity index (χ1n) is 9.99. The number of hydrogen-bond acceptors (Lipinski definition) is 4. The number of rotatable bonds is 6. The van der Waals surface area contributed by atoms with Crippen molar-refractivity contribution < 1.29 is 14.3 Å². The lowest BCUT2D eigenvalue weighted by Crippen LogP contribution is -2.13. The molecule has 162 valence electrons. The molecule has 1 heterocycles. The van der Waals surface area contributed by atoms with Crippen LogP contribution in [0.3, 0.4) is 0 Å². The molecule has 0 aliphatic rings. The van der Waals surface area contributed by atoms with Gasteiger partial charge in [0, 0.05) is 27.8 Å². The molecular weight excluding hydrogens is 426 g/mol. The molecule has 0 atom stereocenters. The number of amides is 1. The lowest BCUT2D eigenvalue weighted by molar-refractivity contribution is -0.112. The highest BCUT2D eigenvalue weighted by molar-refractivity contribution is 6.30. The molecule has 1 N–H and O–H groups in total. The molecule has 7 heteroatoms. The smallest absolute Gasteiger partial charge is 0.338 e. The summed E-state index contributed by atoms with van der Waals surface area (Å²) in [5.41, 5.74) is 4.40. The highest BCUT2D eigenvalue weighted by atomic mass is 35.5. The van der Waals surface area contributed by atoms with E-state index in [1.165, 1.54) is 0 Å². The van der Waals surface area contributed by atoms with Gasteiger partial charge in [0.05, 0.1) is 12.2 Å². The van der Waals surface area contributed by atoms with Crippen molar-refractivity contribution >= 4 is 35.2 Å². The predicted octanol–water partition coefficient (Wildman–Crippen LogP) is 5.47. The maximum Gasteiger partial charge on any atom is 0.338 e. The molecule has 0 radical (unpaired) electrons. The quantitative estimate of drug-likeness (QED) is 0.308. The highest BCUT2D eigenvalue weighted by Crippen LogP contribution is 2.24. The highest BCUT2D eigenvalue weighted by Gasteiger charge is 2.15. The Labute approximate surface area is 191 Å². The first-order valence-corrected chi connectivity index (χ1v) is 10.4. The van der Waals surface area contributed by atoms with Crippen LogP contribution in [0.1, 0.15) is 34.2 Å². The second kappa shape index (κ2) is 9.99. The van der Waals surface area contributed by atoms with Crippen molar-refractivity contribution in [3.8, 4) is 11.8 Å². The maximum atomic E-state index is 12.6. The van der Waals surface area contributed by atoms with Crippen molar-refractivity contribution in [2.24, 2.45) is 0 Å². The van der Waals surface area contributed by atoms with Crippen LogP contribution in [0.5, 0.6) is 0 Å². The number of esters is 1. The molecule has 0 bridgehead atoms. The van der Waals surface area contributed by atoms with E-state index in [9.17, 15) is 14.9 Å². The van der Waals surface area contributed by atoms with Gasteiger partial charge in [-0.2, -0.15) is 5.26 Å². The van der Waals surface area contributed by atoms with Crippen molar-refractivity contribution in [3.63, 3.8) is 0 Å². The molecule has 0 aliphatic heterocycles. The monoisotopic (exact) mass is 447 g/mol. The number of ether oxygens (including phenoxy) is 1. The molecule has 2 aromatic carbocycles. The van der Waals surface area contributed by atoms with Crippen molar-refractivity contribution in [1.29, 1.82) is 5.26 Å². The normalized spacial score (nSPS) is 11.0. The number of halogens is 1. The molecule has 32 heavy (non-hydrogen) atoms. The van der Waals surface area contributed by atoms with E-state index in [-0.39, 0.29) is 11.5 Å². The van der Waals surface area contributed by atoms with Gasteiger partial charge in [0.2, 0.25) is 0 Å². The summed E-state index contributed by atoms with van der Waals surface area (Å²) in [5.74, 6) is -0.868. The van der Waals surface area contributed by atoms with Gasteiger partial charge in [0.25, 0.3) is 5.91 Å². The van der Waals surface area contributed by atoms with Crippen molar-refractivity contribution in [2.75, 3.05) is 11.9 Å². The number of nitriles is 1. The second-order valence-electron chi connectivity index (χ2n) is 7.06. The third-order valence-corrected chi connectivity index (χ3v) is 5.13. The maximum absolute atomic E-state index is 12.6. The van der Waals surface area contributed by atoms with E-state index in [2.05, 4.69) is 5.32 Å². The minimum absolute atomic E-state index is 0.0159. The fourth-order valence-corrected chi connectivity index (χ4v) is 3.45. The molecule has 3 rings (SSSR count). The van der Waals surface area contributed by atoms with Gasteiger partial charge in [0.15, 0.2) is 0 Å². The third-order valence-electron chi connectivity index (χ3n) is 4.87. The van der Waals surface area contributed by atoms with Crippen molar-refractivity contribution in [3.05, 3.63) is 87.7 Å². The van der Waals surface area contributed by atoms with Gasteiger partial charge in [-0.15, -0.1) is 0 Å². The Hall–Kier alpha value is -3.82. The van der Waals surface area contributed by atoms with Crippen LogP contribution in [0, 0.1) is 25.2 Å². The summed E-state index contributed by atoms with van der Waals surface area (Å²) >= 11 is 5.87. The van der Waals surface area contributed by atoms with Crippen LogP contribution in [-0.4, -0.2) is 23.1 Å². The molecule has 6 nitrogen and oxygen atoms in total. The van der Waals surface area contributed by atoms with Crippen LogP contribution in [0.25, 0.3) is 11.8 Å². The third kappa shape index (κ3) is 5.08. The number of aromatic nitrogens is 1. The minimum Gasteiger partial charge on any atom is -0.462 e. The van der Waals surface area contributed by atoms with Gasteiger partial charge in [-0.1, -0.05) is 11.6 Å². The standard InChI is InChI=1S/C25H22ClN3O3/c1-4-32-25(31)18-5-11-23(12-6-18)29-16(2)13-19(17(29)3)14-20(15-27)24(30)28-22-9-7-21(26)8-10-22/h5-14H,4H2,1-3H3,(H,28,30)/b20-14-. The lowest BCUT2D eigenvalue weighted by Gasteiger charge is -2.10. The van der Waals surface area contributed by atoms with Gasteiger partial charge < -0.3 is 14.6 Å². The lowest BCUT2D eigenvalue weighted by atomic mass is 10.1. The number of nitrogens with one attached hydrogen (secondary N) is 1. The summed E-state index contributed by atoms with van der Waals surface area (Å²) in [6.07, 6.45) is 1.57. The number of carbonyl (C=O) groups is 2. The molecule has 0 spiro atoms. The first kappa shape index (κ1) is 22.9. The zero-order chi connectivity index (χ0) is 23.3. The van der Waals surface area contributed by atoms with Crippen LogP contribution in [-0.2, 0) is 9.53 Å². The topological polar surface area (TPSA) is 84.1 Å². The van der Waals surface area contributed by atoms with Crippen LogP contribution in [0.2, 0.25) is 5.02 Å². The molecule has 0 saturated carbocycles. The molecule has 0 unspecified atom stereocenters. The van der Waals surface area contributed by atoms with E-state index in [0.717, 1.165) is 22.6 Å². The van der Waals surface area contributed by atoms with E-state index in [0.29, 0.717) is 22.9 Å². The van der Waals surface area contributed by atoms with Crippen LogP contribution in [0.4, 0.5) is 5.69 Å². The predicted molar refractivity (Wildman–Crippen MR) is 125 cm³/mol. The average Bonchev–Trinajstić information content (AvgIpc) is 3.06. The van der Waals surface area contributed by atoms with E-state index in [1.807, 2.05) is 42.7 Å².